The molecule has 4 N–H and O–H groups in total. The maximum atomic E-state index is 11.8. The summed E-state index contributed by atoms with van der Waals surface area (Å²) in [5.74, 6) is -1.26. The van der Waals surface area contributed by atoms with Crippen molar-refractivity contribution in [3.05, 3.63) is 23.8 Å². The molecular weight excluding hydrogens is 269 g/mol. The fourth-order valence-electron chi connectivity index (χ4n) is 1.21. The van der Waals surface area contributed by atoms with Crippen LogP contribution in [0.4, 0.5) is 24.5 Å². The fraction of sp³-hybridized carbons (Fsp3) is 0.300. The smallest absolute Gasteiger partial charge is 0.441 e. The molecule has 0 aliphatic rings. The Kier molecular flexibility index (Phi) is 4.71. The lowest BCUT2D eigenvalue weighted by Crippen LogP contribution is -2.11. The van der Waals surface area contributed by atoms with Gasteiger partial charge in [-0.1, -0.05) is 0 Å². The first-order chi connectivity index (χ1) is 8.29. The number of aromatic carboxylic acids is 1. The van der Waals surface area contributed by atoms with Gasteiger partial charge in [-0.2, -0.15) is 13.2 Å². The van der Waals surface area contributed by atoms with Gasteiger partial charge in [0.25, 0.3) is 0 Å². The van der Waals surface area contributed by atoms with E-state index in [9.17, 15) is 18.0 Å². The number of alkyl halides is 3. The van der Waals surface area contributed by atoms with Gasteiger partial charge >= 0.3 is 11.5 Å². The minimum Gasteiger partial charge on any atom is -0.478 e. The third kappa shape index (κ3) is 4.74. The number of anilines is 2. The van der Waals surface area contributed by atoms with E-state index >= 15 is 0 Å². The number of halogens is 3. The summed E-state index contributed by atoms with van der Waals surface area (Å²) in [5, 5.41) is 11.4. The number of hydrogen-bond donors (Lipinski definition) is 3. The van der Waals surface area contributed by atoms with E-state index in [0.717, 1.165) is 0 Å². The molecule has 0 radical (unpaired) electrons. The summed E-state index contributed by atoms with van der Waals surface area (Å²) in [7, 11) is 0. The van der Waals surface area contributed by atoms with Crippen LogP contribution in [0.3, 0.4) is 0 Å². The van der Waals surface area contributed by atoms with Crippen molar-refractivity contribution in [2.24, 2.45) is 0 Å². The molecule has 1 rings (SSSR count). The number of thioether (sulfide) groups is 1. The number of carboxylic acids is 1. The van der Waals surface area contributed by atoms with E-state index in [1.807, 2.05) is 0 Å². The molecule has 0 bridgehead atoms. The number of nitrogens with one attached hydrogen (secondary N) is 1. The SMILES string of the molecule is Nc1cc(C(=O)O)ccc1NCCSC(F)(F)F. The summed E-state index contributed by atoms with van der Waals surface area (Å²) in [6.45, 7) is 0.0841. The molecule has 1 aromatic rings. The first kappa shape index (κ1) is 14.5. The predicted octanol–water partition coefficient (Wildman–Crippen LogP) is 2.63. The second-order valence-electron chi connectivity index (χ2n) is 3.33. The monoisotopic (exact) mass is 280 g/mol. The van der Waals surface area contributed by atoms with E-state index in [1.54, 1.807) is 0 Å². The van der Waals surface area contributed by atoms with E-state index in [-0.39, 0.29) is 35.3 Å². The van der Waals surface area contributed by atoms with Gasteiger partial charge in [-0.15, -0.1) is 0 Å². The van der Waals surface area contributed by atoms with Crippen LogP contribution >= 0.6 is 11.8 Å². The first-order valence-corrected chi connectivity index (χ1v) is 5.85. The van der Waals surface area contributed by atoms with E-state index in [4.69, 9.17) is 10.8 Å². The van der Waals surface area contributed by atoms with E-state index in [0.29, 0.717) is 5.69 Å². The van der Waals surface area contributed by atoms with Crippen LogP contribution in [0.2, 0.25) is 0 Å². The summed E-state index contributed by atoms with van der Waals surface area (Å²) >= 11 is -0.131. The van der Waals surface area contributed by atoms with Crippen LogP contribution in [0.15, 0.2) is 18.2 Å². The first-order valence-electron chi connectivity index (χ1n) is 4.87. The van der Waals surface area contributed by atoms with Crippen molar-refractivity contribution >= 4 is 29.1 Å². The summed E-state index contributed by atoms with van der Waals surface area (Å²) in [5.41, 5.74) is 1.96. The van der Waals surface area contributed by atoms with Crippen molar-refractivity contribution in [1.29, 1.82) is 0 Å². The van der Waals surface area contributed by atoms with E-state index in [1.165, 1.54) is 18.2 Å². The number of nitrogen functional groups attached to an aromatic ring is 1. The zero-order valence-corrected chi connectivity index (χ0v) is 9.94. The predicted molar refractivity (Wildman–Crippen MR) is 64.8 cm³/mol. The molecule has 1 aromatic carbocycles. The molecule has 100 valence electrons. The maximum absolute atomic E-state index is 11.8. The van der Waals surface area contributed by atoms with Crippen LogP contribution in [-0.4, -0.2) is 28.9 Å². The fourth-order valence-corrected chi connectivity index (χ4v) is 1.64. The van der Waals surface area contributed by atoms with Crippen LogP contribution in [0.25, 0.3) is 0 Å². The van der Waals surface area contributed by atoms with Crippen molar-refractivity contribution < 1.29 is 23.1 Å². The summed E-state index contributed by atoms with van der Waals surface area (Å²) in [6, 6.07) is 4.01. The zero-order chi connectivity index (χ0) is 13.8. The Balaban J connectivity index is 2.51. The van der Waals surface area contributed by atoms with Crippen LogP contribution in [-0.2, 0) is 0 Å². The third-order valence-electron chi connectivity index (χ3n) is 1.98. The van der Waals surface area contributed by atoms with E-state index in [2.05, 4.69) is 5.32 Å². The Morgan fingerprint density at radius 2 is 2.11 bits per heavy atom. The topological polar surface area (TPSA) is 75.4 Å². The number of carbonyl (C=O) groups is 1. The van der Waals surface area contributed by atoms with Crippen LogP contribution in [0.1, 0.15) is 10.4 Å². The Labute approximate surface area is 105 Å². The molecule has 18 heavy (non-hydrogen) atoms. The van der Waals surface area contributed by atoms with Gasteiger partial charge in [0, 0.05) is 12.3 Å². The zero-order valence-electron chi connectivity index (χ0n) is 9.12. The lowest BCUT2D eigenvalue weighted by atomic mass is 10.2. The standard InChI is InChI=1S/C10H11F3N2O2S/c11-10(12,13)18-4-3-15-8-2-1-6(9(16)17)5-7(8)14/h1-2,5,15H,3-4,14H2,(H,16,17). The highest BCUT2D eigenvalue weighted by Crippen LogP contribution is 2.29. The molecule has 0 unspecified atom stereocenters. The molecule has 8 heteroatoms. The largest absolute Gasteiger partial charge is 0.478 e. The normalized spacial score (nSPS) is 11.3. The molecule has 0 heterocycles. The highest BCUT2D eigenvalue weighted by Gasteiger charge is 2.27. The van der Waals surface area contributed by atoms with Crippen molar-refractivity contribution in [2.45, 2.75) is 5.51 Å². The van der Waals surface area contributed by atoms with Gasteiger partial charge in [0.1, 0.15) is 0 Å². The Morgan fingerprint density at radius 3 is 2.61 bits per heavy atom. The highest BCUT2D eigenvalue weighted by atomic mass is 32.2. The second-order valence-corrected chi connectivity index (χ2v) is 4.49. The molecule has 4 nitrogen and oxygen atoms in total. The number of benzene rings is 1. The maximum Gasteiger partial charge on any atom is 0.441 e. The summed E-state index contributed by atoms with van der Waals surface area (Å²) in [4.78, 5) is 10.6. The molecule has 0 aliphatic heterocycles. The van der Waals surface area contributed by atoms with Crippen LogP contribution < -0.4 is 11.1 Å². The molecule has 0 spiro atoms. The molecule has 0 fully saturated rings. The van der Waals surface area contributed by atoms with Gasteiger partial charge in [-0.05, 0) is 30.0 Å². The minimum absolute atomic E-state index is 0.0303. The van der Waals surface area contributed by atoms with Crippen molar-refractivity contribution in [3.63, 3.8) is 0 Å². The molecule has 0 saturated heterocycles. The highest BCUT2D eigenvalue weighted by molar-refractivity contribution is 8.00. The van der Waals surface area contributed by atoms with Crippen molar-refractivity contribution in [1.82, 2.24) is 0 Å². The average molecular weight is 280 g/mol. The summed E-state index contributed by atoms with van der Waals surface area (Å²) in [6.07, 6.45) is 0. The van der Waals surface area contributed by atoms with Gasteiger partial charge in [0.15, 0.2) is 0 Å². The number of hydrogen-bond acceptors (Lipinski definition) is 4. The van der Waals surface area contributed by atoms with Gasteiger partial charge < -0.3 is 16.2 Å². The molecular formula is C10H11F3N2O2S. The van der Waals surface area contributed by atoms with Gasteiger partial charge in [-0.25, -0.2) is 4.79 Å². The van der Waals surface area contributed by atoms with E-state index < -0.39 is 11.5 Å². The van der Waals surface area contributed by atoms with Gasteiger partial charge in [0.2, 0.25) is 0 Å². The Bertz CT molecular complexity index is 438. The molecule has 0 atom stereocenters. The van der Waals surface area contributed by atoms with Crippen molar-refractivity contribution in [3.8, 4) is 0 Å². The number of carboxylic acid groups (broad SMARTS) is 1. The second kappa shape index (κ2) is 5.85. The molecule has 0 aliphatic carbocycles. The Morgan fingerprint density at radius 1 is 1.44 bits per heavy atom. The number of rotatable bonds is 5. The van der Waals surface area contributed by atoms with Gasteiger partial charge in [-0.3, -0.25) is 0 Å². The quantitative estimate of drug-likeness (QED) is 0.571. The van der Waals surface area contributed by atoms with Gasteiger partial charge in [0.05, 0.1) is 16.9 Å². The average Bonchev–Trinajstić information content (AvgIpc) is 2.24. The Hall–Kier alpha value is -1.57. The van der Waals surface area contributed by atoms with Crippen LogP contribution in [0, 0.1) is 0 Å². The number of nitrogens with two attached hydrogens (primary N) is 1. The van der Waals surface area contributed by atoms with Crippen molar-refractivity contribution in [2.75, 3.05) is 23.3 Å². The van der Waals surface area contributed by atoms with Crippen LogP contribution in [0.5, 0.6) is 0 Å². The molecule has 0 saturated carbocycles. The minimum atomic E-state index is -4.25. The lowest BCUT2D eigenvalue weighted by Gasteiger charge is -2.10. The molecule has 0 amide bonds. The third-order valence-corrected chi connectivity index (χ3v) is 2.72. The molecule has 0 aromatic heterocycles. The lowest BCUT2D eigenvalue weighted by molar-refractivity contribution is -0.0327. The summed E-state index contributed by atoms with van der Waals surface area (Å²) < 4.78 is 35.5.